The predicted molar refractivity (Wildman–Crippen MR) is 119 cm³/mol. The first-order chi connectivity index (χ1) is 14.8. The van der Waals surface area contributed by atoms with Crippen LogP contribution in [0.4, 0.5) is 0 Å². The lowest BCUT2D eigenvalue weighted by molar-refractivity contribution is -0.145. The number of ketones is 1. The largest absolute Gasteiger partial charge is 0.497 e. The van der Waals surface area contributed by atoms with Gasteiger partial charge in [-0.1, -0.05) is 18.2 Å². The summed E-state index contributed by atoms with van der Waals surface area (Å²) < 4.78 is 12.1. The van der Waals surface area contributed by atoms with Crippen LogP contribution in [0.15, 0.2) is 49.1 Å². The van der Waals surface area contributed by atoms with Gasteiger partial charge in [0, 0.05) is 29.6 Å². The Kier molecular flexibility index (Phi) is 8.37. The van der Waals surface area contributed by atoms with E-state index < -0.39 is 17.9 Å². The van der Waals surface area contributed by atoms with Crippen molar-refractivity contribution in [2.24, 2.45) is 0 Å². The van der Waals surface area contributed by atoms with Crippen LogP contribution in [0.1, 0.15) is 34.2 Å². The van der Waals surface area contributed by atoms with Gasteiger partial charge in [-0.15, -0.1) is 6.58 Å². The number of amides is 1. The van der Waals surface area contributed by atoms with Crippen molar-refractivity contribution in [1.82, 2.24) is 9.88 Å². The first-order valence-corrected chi connectivity index (χ1v) is 9.87. The molecule has 0 saturated heterocycles. The fourth-order valence-electron chi connectivity index (χ4n) is 3.04. The quantitative estimate of drug-likeness (QED) is 0.274. The SMILES string of the molecule is C=CCn1c(C)cc(C(=O)COC(=O)[C@H](C)NC(=O)/C=C/c2ccc(OC)cc2)c1C. The van der Waals surface area contributed by atoms with Crippen LogP contribution in [0.2, 0.25) is 0 Å². The summed E-state index contributed by atoms with van der Waals surface area (Å²) in [6.45, 7) is 9.16. The summed E-state index contributed by atoms with van der Waals surface area (Å²) in [4.78, 5) is 36.7. The van der Waals surface area contributed by atoms with Crippen LogP contribution in [-0.2, 0) is 20.9 Å². The summed E-state index contributed by atoms with van der Waals surface area (Å²) in [5, 5.41) is 2.53. The highest BCUT2D eigenvalue weighted by Crippen LogP contribution is 2.16. The number of hydrogen-bond acceptors (Lipinski definition) is 5. The number of rotatable bonds is 10. The Morgan fingerprint density at radius 2 is 1.87 bits per heavy atom. The molecule has 0 aliphatic rings. The lowest BCUT2D eigenvalue weighted by Crippen LogP contribution is -2.39. The van der Waals surface area contributed by atoms with Crippen LogP contribution in [0.3, 0.4) is 0 Å². The maximum atomic E-state index is 12.5. The molecule has 2 rings (SSSR count). The summed E-state index contributed by atoms with van der Waals surface area (Å²) in [6.07, 6.45) is 4.70. The van der Waals surface area contributed by atoms with E-state index in [0.717, 1.165) is 22.7 Å². The lowest BCUT2D eigenvalue weighted by atomic mass is 10.1. The van der Waals surface area contributed by atoms with Crippen LogP contribution in [0.25, 0.3) is 6.08 Å². The first-order valence-electron chi connectivity index (χ1n) is 9.87. The number of ether oxygens (including phenoxy) is 2. The molecular weight excluding hydrogens is 396 g/mol. The van der Waals surface area contributed by atoms with Gasteiger partial charge < -0.3 is 19.4 Å². The molecule has 1 amide bonds. The molecule has 1 aromatic carbocycles. The average molecular weight is 424 g/mol. The molecule has 0 saturated carbocycles. The maximum Gasteiger partial charge on any atom is 0.328 e. The Hall–Kier alpha value is -3.61. The molecule has 0 unspecified atom stereocenters. The smallest absolute Gasteiger partial charge is 0.328 e. The van der Waals surface area contributed by atoms with Crippen molar-refractivity contribution in [3.63, 3.8) is 0 Å². The van der Waals surface area contributed by atoms with Crippen molar-refractivity contribution in [3.05, 3.63) is 71.6 Å². The number of aromatic nitrogens is 1. The lowest BCUT2D eigenvalue weighted by Gasteiger charge is -2.12. The third-order valence-corrected chi connectivity index (χ3v) is 4.79. The number of methoxy groups -OCH3 is 1. The van der Waals surface area contributed by atoms with Gasteiger partial charge in [-0.05, 0) is 50.6 Å². The molecule has 1 atom stereocenters. The number of carbonyl (C=O) groups excluding carboxylic acids is 3. The Labute approximate surface area is 182 Å². The van der Waals surface area contributed by atoms with Gasteiger partial charge in [0.2, 0.25) is 11.7 Å². The van der Waals surface area contributed by atoms with Gasteiger partial charge in [0.15, 0.2) is 6.61 Å². The minimum atomic E-state index is -0.894. The zero-order chi connectivity index (χ0) is 23.0. The monoisotopic (exact) mass is 424 g/mol. The second-order valence-electron chi connectivity index (χ2n) is 7.05. The molecule has 164 valence electrons. The molecule has 1 aromatic heterocycles. The molecule has 0 fully saturated rings. The number of esters is 1. The normalized spacial score (nSPS) is 11.7. The van der Waals surface area contributed by atoms with E-state index in [1.807, 2.05) is 18.4 Å². The molecule has 0 radical (unpaired) electrons. The Morgan fingerprint density at radius 1 is 1.19 bits per heavy atom. The average Bonchev–Trinajstić information content (AvgIpc) is 3.04. The summed E-state index contributed by atoms with van der Waals surface area (Å²) in [5.41, 5.74) is 3.04. The van der Waals surface area contributed by atoms with Gasteiger partial charge in [0.1, 0.15) is 11.8 Å². The van der Waals surface area contributed by atoms with Gasteiger partial charge in [0.25, 0.3) is 0 Å². The summed E-state index contributed by atoms with van der Waals surface area (Å²) in [6, 6.07) is 8.04. The minimum Gasteiger partial charge on any atom is -0.497 e. The van der Waals surface area contributed by atoms with E-state index in [2.05, 4.69) is 11.9 Å². The van der Waals surface area contributed by atoms with Crippen LogP contribution in [-0.4, -0.2) is 42.0 Å². The van der Waals surface area contributed by atoms with Gasteiger partial charge in [-0.25, -0.2) is 4.79 Å². The van der Waals surface area contributed by atoms with Crippen molar-refractivity contribution in [3.8, 4) is 5.75 Å². The molecule has 0 bridgehead atoms. The van der Waals surface area contributed by atoms with E-state index in [0.29, 0.717) is 12.1 Å². The van der Waals surface area contributed by atoms with Crippen molar-refractivity contribution in [1.29, 1.82) is 0 Å². The number of Topliss-reactive ketones (excluding diaryl/α,β-unsaturated/α-hetero) is 1. The second-order valence-corrected chi connectivity index (χ2v) is 7.05. The molecular formula is C24H28N2O5. The predicted octanol–water partition coefficient (Wildman–Crippen LogP) is 3.24. The molecule has 1 N–H and O–H groups in total. The highest BCUT2D eigenvalue weighted by molar-refractivity contribution is 6.00. The molecule has 7 nitrogen and oxygen atoms in total. The molecule has 7 heteroatoms. The summed E-state index contributed by atoms with van der Waals surface area (Å²) in [7, 11) is 1.58. The fourth-order valence-corrected chi connectivity index (χ4v) is 3.04. The molecule has 0 spiro atoms. The molecule has 0 aliphatic carbocycles. The van der Waals surface area contributed by atoms with Gasteiger partial charge in [-0.3, -0.25) is 9.59 Å². The first kappa shape index (κ1) is 23.7. The van der Waals surface area contributed by atoms with Gasteiger partial charge >= 0.3 is 5.97 Å². The van der Waals surface area contributed by atoms with Gasteiger partial charge in [0.05, 0.1) is 7.11 Å². The number of carbonyl (C=O) groups is 3. The van der Waals surface area contributed by atoms with Crippen LogP contribution >= 0.6 is 0 Å². The third kappa shape index (κ3) is 6.44. The van der Waals surface area contributed by atoms with Crippen molar-refractivity contribution in [2.45, 2.75) is 33.4 Å². The number of allylic oxidation sites excluding steroid dienone is 1. The molecule has 1 heterocycles. The van der Waals surface area contributed by atoms with E-state index in [1.165, 1.54) is 13.0 Å². The number of nitrogens with zero attached hydrogens (tertiary/aromatic N) is 1. The summed E-state index contributed by atoms with van der Waals surface area (Å²) in [5.74, 6) is -0.705. The number of nitrogens with one attached hydrogen (secondary N) is 1. The Bertz CT molecular complexity index is 986. The van der Waals surface area contributed by atoms with Crippen LogP contribution in [0, 0.1) is 13.8 Å². The highest BCUT2D eigenvalue weighted by Gasteiger charge is 2.20. The number of hydrogen-bond donors (Lipinski definition) is 1. The van der Waals surface area contributed by atoms with Crippen molar-refractivity contribution < 1.29 is 23.9 Å². The zero-order valence-corrected chi connectivity index (χ0v) is 18.3. The summed E-state index contributed by atoms with van der Waals surface area (Å²) >= 11 is 0. The molecule has 0 aliphatic heterocycles. The Balaban J connectivity index is 1.87. The highest BCUT2D eigenvalue weighted by atomic mass is 16.5. The van der Waals surface area contributed by atoms with Crippen LogP contribution < -0.4 is 10.1 Å². The number of benzene rings is 1. The van der Waals surface area contributed by atoms with Gasteiger partial charge in [-0.2, -0.15) is 0 Å². The van der Waals surface area contributed by atoms with E-state index in [9.17, 15) is 14.4 Å². The van der Waals surface area contributed by atoms with E-state index in [1.54, 1.807) is 49.6 Å². The van der Waals surface area contributed by atoms with Crippen LogP contribution in [0.5, 0.6) is 5.75 Å². The standard InChI is InChI=1S/C24H28N2O5/c1-6-13-26-16(2)14-21(18(26)4)22(27)15-31-24(29)17(3)25-23(28)12-9-19-7-10-20(30-5)11-8-19/h6-12,14,17H,1,13,15H2,2-5H3,(H,25,28)/b12-9+/t17-/m0/s1. The third-order valence-electron chi connectivity index (χ3n) is 4.79. The second kappa shape index (κ2) is 11.0. The Morgan fingerprint density at radius 3 is 2.48 bits per heavy atom. The minimum absolute atomic E-state index is 0.297. The van der Waals surface area contributed by atoms with E-state index in [4.69, 9.17) is 9.47 Å². The topological polar surface area (TPSA) is 86.6 Å². The van der Waals surface area contributed by atoms with Crippen molar-refractivity contribution >= 4 is 23.7 Å². The molecule has 31 heavy (non-hydrogen) atoms. The zero-order valence-electron chi connectivity index (χ0n) is 18.3. The maximum absolute atomic E-state index is 12.5. The fraction of sp³-hybridized carbons (Fsp3) is 0.292. The van der Waals surface area contributed by atoms with E-state index in [-0.39, 0.29) is 12.4 Å². The van der Waals surface area contributed by atoms with Crippen molar-refractivity contribution in [2.75, 3.05) is 13.7 Å². The van der Waals surface area contributed by atoms with E-state index >= 15 is 0 Å². The number of aryl methyl sites for hydroxylation is 1. The molecule has 2 aromatic rings.